The van der Waals surface area contributed by atoms with Gasteiger partial charge in [0.2, 0.25) is 5.91 Å². The minimum atomic E-state index is -4.56. The Morgan fingerprint density at radius 1 is 1.00 bits per heavy atom. The highest BCUT2D eigenvalue weighted by molar-refractivity contribution is 5.89. The Morgan fingerprint density at radius 3 is 2.00 bits per heavy atom. The molecule has 7 nitrogen and oxygen atoms in total. The summed E-state index contributed by atoms with van der Waals surface area (Å²) in [5.41, 5.74) is 4.77. The number of halogens is 3. The Hall–Kier alpha value is -3.40. The topological polar surface area (TPSA) is 130 Å². The van der Waals surface area contributed by atoms with Crippen molar-refractivity contribution in [2.24, 2.45) is 5.73 Å². The lowest BCUT2D eigenvalue weighted by molar-refractivity contribution is -0.137. The number of hydrogen-bond donors (Lipinski definition) is 4. The van der Waals surface area contributed by atoms with E-state index in [0.29, 0.717) is 5.56 Å². The molecule has 0 saturated carbocycles. The summed E-state index contributed by atoms with van der Waals surface area (Å²) in [7, 11) is 0. The van der Waals surface area contributed by atoms with Crippen molar-refractivity contribution in [3.05, 3.63) is 70.8 Å². The number of nitrogens with two attached hydrogens (primary N) is 1. The standard InChI is InChI=1S/C19H17F3N2O5/c20-19(21,22)13-7-5-11(6-8-13)15(25)17(27)24-14(16(23)26)9-10-1-3-12(4-2-10)18(28)29/h1-8,14-15,25H,9H2,(H2,23,26)(H,24,27)(H,28,29)/t14-,15-/m0/s1. The van der Waals surface area contributed by atoms with Crippen LogP contribution in [0.25, 0.3) is 0 Å². The van der Waals surface area contributed by atoms with Gasteiger partial charge >= 0.3 is 12.1 Å². The smallest absolute Gasteiger partial charge is 0.416 e. The van der Waals surface area contributed by atoms with E-state index in [2.05, 4.69) is 5.32 Å². The molecule has 2 amide bonds. The third kappa shape index (κ3) is 5.79. The molecule has 0 aliphatic heterocycles. The fourth-order valence-electron chi connectivity index (χ4n) is 2.50. The number of amides is 2. The number of carboxylic acids is 1. The Balaban J connectivity index is 2.08. The second kappa shape index (κ2) is 8.74. The van der Waals surface area contributed by atoms with Crippen molar-refractivity contribution in [2.75, 3.05) is 0 Å². The van der Waals surface area contributed by atoms with Crippen LogP contribution < -0.4 is 11.1 Å². The van der Waals surface area contributed by atoms with E-state index < -0.39 is 41.7 Å². The third-order valence-electron chi connectivity index (χ3n) is 4.10. The lowest BCUT2D eigenvalue weighted by Crippen LogP contribution is -2.47. The van der Waals surface area contributed by atoms with Crippen LogP contribution >= 0.6 is 0 Å². The van der Waals surface area contributed by atoms with Crippen LogP contribution in [0.5, 0.6) is 0 Å². The summed E-state index contributed by atoms with van der Waals surface area (Å²) in [4.78, 5) is 34.7. The number of alkyl halides is 3. The molecule has 0 radical (unpaired) electrons. The van der Waals surface area contributed by atoms with Gasteiger partial charge in [0, 0.05) is 6.42 Å². The van der Waals surface area contributed by atoms with Crippen LogP contribution in [0.3, 0.4) is 0 Å². The van der Waals surface area contributed by atoms with E-state index in [4.69, 9.17) is 10.8 Å². The highest BCUT2D eigenvalue weighted by Gasteiger charge is 2.31. The minimum Gasteiger partial charge on any atom is -0.478 e. The molecule has 0 saturated heterocycles. The summed E-state index contributed by atoms with van der Waals surface area (Å²) in [5.74, 6) is -3.05. The van der Waals surface area contributed by atoms with Gasteiger partial charge in [-0.3, -0.25) is 9.59 Å². The molecule has 154 valence electrons. The van der Waals surface area contributed by atoms with E-state index in [-0.39, 0.29) is 17.5 Å². The number of carbonyl (C=O) groups excluding carboxylic acids is 2. The summed E-state index contributed by atoms with van der Waals surface area (Å²) in [5, 5.41) is 21.2. The molecule has 0 heterocycles. The Bertz CT molecular complexity index is 896. The number of aliphatic hydroxyl groups excluding tert-OH is 1. The van der Waals surface area contributed by atoms with E-state index in [1.54, 1.807) is 0 Å². The number of carbonyl (C=O) groups is 3. The maximum atomic E-state index is 12.6. The molecule has 10 heteroatoms. The van der Waals surface area contributed by atoms with E-state index >= 15 is 0 Å². The number of benzene rings is 2. The molecule has 0 aliphatic rings. The highest BCUT2D eigenvalue weighted by atomic mass is 19.4. The van der Waals surface area contributed by atoms with Gasteiger partial charge in [0.15, 0.2) is 6.10 Å². The van der Waals surface area contributed by atoms with Crippen molar-refractivity contribution in [1.82, 2.24) is 5.32 Å². The van der Waals surface area contributed by atoms with Crippen LogP contribution in [0, 0.1) is 0 Å². The van der Waals surface area contributed by atoms with Crippen LogP contribution in [0.2, 0.25) is 0 Å². The molecule has 5 N–H and O–H groups in total. The summed E-state index contributed by atoms with van der Waals surface area (Å²) in [6.45, 7) is 0. The maximum Gasteiger partial charge on any atom is 0.416 e. The van der Waals surface area contributed by atoms with Gasteiger partial charge in [-0.15, -0.1) is 0 Å². The lowest BCUT2D eigenvalue weighted by atomic mass is 10.0. The Labute approximate surface area is 163 Å². The number of hydrogen-bond acceptors (Lipinski definition) is 4. The number of aliphatic hydroxyl groups is 1. The zero-order valence-corrected chi connectivity index (χ0v) is 14.8. The minimum absolute atomic E-state index is 0.0335. The summed E-state index contributed by atoms with van der Waals surface area (Å²) in [6.07, 6.45) is -6.44. The summed E-state index contributed by atoms with van der Waals surface area (Å²) >= 11 is 0. The van der Waals surface area contributed by atoms with Crippen molar-refractivity contribution >= 4 is 17.8 Å². The molecule has 0 aliphatic carbocycles. The van der Waals surface area contributed by atoms with Crippen molar-refractivity contribution in [3.8, 4) is 0 Å². The SMILES string of the molecule is NC(=O)[C@H](Cc1ccc(C(=O)O)cc1)NC(=O)[C@@H](O)c1ccc(C(F)(F)F)cc1. The second-order valence-electron chi connectivity index (χ2n) is 6.19. The average Bonchev–Trinajstić information content (AvgIpc) is 2.66. The van der Waals surface area contributed by atoms with Gasteiger partial charge in [-0.05, 0) is 35.4 Å². The predicted molar refractivity (Wildman–Crippen MR) is 94.6 cm³/mol. The van der Waals surface area contributed by atoms with Gasteiger partial charge in [-0.2, -0.15) is 13.2 Å². The first-order valence-corrected chi connectivity index (χ1v) is 8.26. The van der Waals surface area contributed by atoms with Gasteiger partial charge in [0.1, 0.15) is 6.04 Å². The molecule has 0 bridgehead atoms. The van der Waals surface area contributed by atoms with Crippen LogP contribution in [-0.4, -0.2) is 34.0 Å². The fourth-order valence-corrected chi connectivity index (χ4v) is 2.50. The van der Waals surface area contributed by atoms with E-state index in [0.717, 1.165) is 24.3 Å². The average molecular weight is 410 g/mol. The Kier molecular flexibility index (Phi) is 6.60. The van der Waals surface area contributed by atoms with Crippen molar-refractivity contribution in [3.63, 3.8) is 0 Å². The maximum absolute atomic E-state index is 12.6. The number of rotatable bonds is 7. The molecule has 0 unspecified atom stereocenters. The molecular weight excluding hydrogens is 393 g/mol. The molecule has 2 aromatic carbocycles. The monoisotopic (exact) mass is 410 g/mol. The molecule has 29 heavy (non-hydrogen) atoms. The van der Waals surface area contributed by atoms with Crippen LogP contribution in [-0.2, 0) is 22.2 Å². The van der Waals surface area contributed by atoms with Gasteiger partial charge in [0.05, 0.1) is 11.1 Å². The van der Waals surface area contributed by atoms with Gasteiger partial charge in [-0.25, -0.2) is 4.79 Å². The van der Waals surface area contributed by atoms with Crippen molar-refractivity contribution in [1.29, 1.82) is 0 Å². The van der Waals surface area contributed by atoms with Gasteiger partial charge in [-0.1, -0.05) is 24.3 Å². The first-order valence-electron chi connectivity index (χ1n) is 8.26. The molecule has 2 atom stereocenters. The molecular formula is C19H17F3N2O5. The second-order valence-corrected chi connectivity index (χ2v) is 6.19. The zero-order valence-electron chi connectivity index (χ0n) is 14.8. The largest absolute Gasteiger partial charge is 0.478 e. The van der Waals surface area contributed by atoms with Gasteiger partial charge < -0.3 is 21.3 Å². The van der Waals surface area contributed by atoms with E-state index in [1.165, 1.54) is 24.3 Å². The molecule has 0 spiro atoms. The zero-order chi connectivity index (χ0) is 21.8. The number of primary amides is 1. The molecule has 2 aromatic rings. The van der Waals surface area contributed by atoms with Crippen LogP contribution in [0.4, 0.5) is 13.2 Å². The normalized spacial score (nSPS) is 13.4. The third-order valence-corrected chi connectivity index (χ3v) is 4.10. The van der Waals surface area contributed by atoms with Crippen molar-refractivity contribution < 1.29 is 37.8 Å². The number of aromatic carboxylic acids is 1. The first kappa shape index (κ1) is 21.9. The number of carboxylic acid groups (broad SMARTS) is 1. The lowest BCUT2D eigenvalue weighted by Gasteiger charge is -2.19. The van der Waals surface area contributed by atoms with Gasteiger partial charge in [0.25, 0.3) is 5.91 Å². The van der Waals surface area contributed by atoms with Crippen molar-refractivity contribution in [2.45, 2.75) is 24.7 Å². The summed E-state index contributed by atoms with van der Waals surface area (Å²) in [6, 6.07) is 7.65. The predicted octanol–water partition coefficient (Wildman–Crippen LogP) is 1.65. The van der Waals surface area contributed by atoms with E-state index in [9.17, 15) is 32.7 Å². The molecule has 0 fully saturated rings. The highest BCUT2D eigenvalue weighted by Crippen LogP contribution is 2.30. The van der Waals surface area contributed by atoms with E-state index in [1.807, 2.05) is 0 Å². The quantitative estimate of drug-likeness (QED) is 0.552. The Morgan fingerprint density at radius 2 is 1.55 bits per heavy atom. The van der Waals surface area contributed by atoms with Crippen LogP contribution in [0.15, 0.2) is 48.5 Å². The summed E-state index contributed by atoms with van der Waals surface area (Å²) < 4.78 is 37.8. The first-order chi connectivity index (χ1) is 13.5. The molecule has 2 rings (SSSR count). The molecule has 0 aromatic heterocycles. The number of nitrogens with one attached hydrogen (secondary N) is 1. The van der Waals surface area contributed by atoms with Crippen LogP contribution in [0.1, 0.15) is 33.2 Å². The fraction of sp³-hybridized carbons (Fsp3) is 0.211.